The molecule has 0 rings (SSSR count). The first kappa shape index (κ1) is 22.0. The maximum atomic E-state index is 10.5. The van der Waals surface area contributed by atoms with Crippen molar-refractivity contribution in [3.05, 3.63) is 12.2 Å². The van der Waals surface area contributed by atoms with E-state index in [9.17, 15) is 9.90 Å². The fraction of sp³-hybridized carbons (Fsp3) is 0.842. The van der Waals surface area contributed by atoms with Gasteiger partial charge in [0.1, 0.15) is 0 Å². The van der Waals surface area contributed by atoms with Crippen LogP contribution in [0.3, 0.4) is 0 Å². The number of hydrogen-bond acceptors (Lipinski definition) is 2. The standard InChI is InChI=1S/C19H37NO3/c1-3-4-5-6-7-8-9-10-11-12-13-14-15-16-18(21)17(2)20-19(22)23/h15-18,20-21H,3-14H2,1-2H3,(H,22,23)/t17-,18-/m0/s1. The molecule has 0 radical (unpaired) electrons. The molecule has 0 saturated carbocycles. The molecule has 0 aliphatic carbocycles. The molecule has 2 atom stereocenters. The van der Waals surface area contributed by atoms with Gasteiger partial charge in [-0.3, -0.25) is 0 Å². The van der Waals surface area contributed by atoms with E-state index in [0.29, 0.717) is 0 Å². The van der Waals surface area contributed by atoms with Crippen LogP contribution in [0.4, 0.5) is 4.79 Å². The number of carboxylic acid groups (broad SMARTS) is 1. The second kappa shape index (κ2) is 15.9. The third-order valence-corrected chi connectivity index (χ3v) is 4.17. The van der Waals surface area contributed by atoms with Crippen molar-refractivity contribution < 1.29 is 15.0 Å². The van der Waals surface area contributed by atoms with Gasteiger partial charge in [0.05, 0.1) is 12.1 Å². The first-order valence-electron chi connectivity index (χ1n) is 9.42. The van der Waals surface area contributed by atoms with Crippen molar-refractivity contribution in [2.45, 2.75) is 103 Å². The Morgan fingerprint density at radius 1 is 0.957 bits per heavy atom. The van der Waals surface area contributed by atoms with Gasteiger partial charge >= 0.3 is 6.09 Å². The highest BCUT2D eigenvalue weighted by Gasteiger charge is 2.12. The highest BCUT2D eigenvalue weighted by atomic mass is 16.4. The number of carbonyl (C=O) groups is 1. The summed E-state index contributed by atoms with van der Waals surface area (Å²) in [6.07, 6.45) is 17.4. The van der Waals surface area contributed by atoms with Crippen LogP contribution in [0.25, 0.3) is 0 Å². The molecule has 3 N–H and O–H groups in total. The second-order valence-electron chi connectivity index (χ2n) is 6.48. The Labute approximate surface area is 142 Å². The van der Waals surface area contributed by atoms with Gasteiger partial charge in [-0.15, -0.1) is 0 Å². The lowest BCUT2D eigenvalue weighted by atomic mass is 10.0. The minimum absolute atomic E-state index is 0.471. The van der Waals surface area contributed by atoms with Crippen molar-refractivity contribution in [2.24, 2.45) is 0 Å². The first-order valence-corrected chi connectivity index (χ1v) is 9.42. The fourth-order valence-corrected chi connectivity index (χ4v) is 2.61. The molecule has 0 spiro atoms. The fourth-order valence-electron chi connectivity index (χ4n) is 2.61. The normalized spacial score (nSPS) is 14.0. The zero-order valence-corrected chi connectivity index (χ0v) is 15.1. The zero-order chi connectivity index (χ0) is 17.3. The van der Waals surface area contributed by atoms with Crippen molar-refractivity contribution in [3.8, 4) is 0 Å². The SMILES string of the molecule is CCCCCCCCCCCCCC=C[C@H](O)[C@H](C)NC(=O)O. The Bertz CT molecular complexity index is 305. The summed E-state index contributed by atoms with van der Waals surface area (Å²) in [6.45, 7) is 3.91. The Morgan fingerprint density at radius 3 is 1.91 bits per heavy atom. The Morgan fingerprint density at radius 2 is 1.43 bits per heavy atom. The molecule has 0 aromatic heterocycles. The number of amides is 1. The summed E-state index contributed by atoms with van der Waals surface area (Å²) in [4.78, 5) is 10.5. The van der Waals surface area contributed by atoms with Gasteiger partial charge in [0.2, 0.25) is 0 Å². The average molecular weight is 328 g/mol. The van der Waals surface area contributed by atoms with Gasteiger partial charge in [0.15, 0.2) is 0 Å². The lowest BCUT2D eigenvalue weighted by Gasteiger charge is -2.14. The van der Waals surface area contributed by atoms with E-state index in [4.69, 9.17) is 5.11 Å². The molecule has 0 aliphatic heterocycles. The van der Waals surface area contributed by atoms with Gasteiger partial charge in [-0.25, -0.2) is 4.79 Å². The molecule has 0 fully saturated rings. The topological polar surface area (TPSA) is 69.6 Å². The second-order valence-corrected chi connectivity index (χ2v) is 6.48. The third-order valence-electron chi connectivity index (χ3n) is 4.17. The van der Waals surface area contributed by atoms with E-state index in [-0.39, 0.29) is 0 Å². The lowest BCUT2D eigenvalue weighted by Crippen LogP contribution is -2.39. The van der Waals surface area contributed by atoms with Crippen LogP contribution in [-0.2, 0) is 0 Å². The molecule has 23 heavy (non-hydrogen) atoms. The molecule has 0 aliphatic rings. The van der Waals surface area contributed by atoms with Gasteiger partial charge in [0.25, 0.3) is 0 Å². The number of aliphatic hydroxyl groups excluding tert-OH is 1. The largest absolute Gasteiger partial charge is 0.465 e. The predicted molar refractivity (Wildman–Crippen MR) is 96.8 cm³/mol. The molecule has 0 heterocycles. The first-order chi connectivity index (χ1) is 11.1. The molecule has 0 aromatic carbocycles. The Kier molecular flexibility index (Phi) is 15.1. The van der Waals surface area contributed by atoms with Crippen molar-refractivity contribution in [3.63, 3.8) is 0 Å². The molecule has 0 aromatic rings. The molecule has 0 bridgehead atoms. The Balaban J connectivity index is 3.35. The number of aliphatic hydroxyl groups is 1. The van der Waals surface area contributed by atoms with E-state index < -0.39 is 18.2 Å². The summed E-state index contributed by atoms with van der Waals surface area (Å²) < 4.78 is 0. The molecule has 4 heteroatoms. The minimum atomic E-state index is -1.10. The van der Waals surface area contributed by atoms with Crippen molar-refractivity contribution in [1.29, 1.82) is 0 Å². The van der Waals surface area contributed by atoms with Crippen LogP contribution in [0, 0.1) is 0 Å². The van der Waals surface area contributed by atoms with E-state index >= 15 is 0 Å². The number of hydrogen-bond donors (Lipinski definition) is 3. The van der Waals surface area contributed by atoms with Gasteiger partial charge < -0.3 is 15.5 Å². The smallest absolute Gasteiger partial charge is 0.404 e. The quantitative estimate of drug-likeness (QED) is 0.284. The lowest BCUT2D eigenvalue weighted by molar-refractivity contribution is 0.156. The molecular formula is C19H37NO3. The van der Waals surface area contributed by atoms with Gasteiger partial charge in [-0.05, 0) is 19.8 Å². The van der Waals surface area contributed by atoms with Crippen LogP contribution in [0.1, 0.15) is 90.9 Å². The molecular weight excluding hydrogens is 290 g/mol. The summed E-state index contributed by atoms with van der Waals surface area (Å²) in [6, 6.07) is -0.471. The van der Waals surface area contributed by atoms with Gasteiger partial charge in [0, 0.05) is 0 Å². The summed E-state index contributed by atoms with van der Waals surface area (Å²) >= 11 is 0. The monoisotopic (exact) mass is 327 g/mol. The van der Waals surface area contributed by atoms with E-state index in [1.165, 1.54) is 64.2 Å². The summed E-state index contributed by atoms with van der Waals surface area (Å²) in [7, 11) is 0. The molecule has 0 saturated heterocycles. The van der Waals surface area contributed by atoms with Crippen LogP contribution in [-0.4, -0.2) is 28.5 Å². The van der Waals surface area contributed by atoms with Crippen molar-refractivity contribution in [1.82, 2.24) is 5.32 Å². The summed E-state index contributed by atoms with van der Waals surface area (Å²) in [5.74, 6) is 0. The van der Waals surface area contributed by atoms with E-state index in [0.717, 1.165) is 12.8 Å². The van der Waals surface area contributed by atoms with Crippen LogP contribution in [0.5, 0.6) is 0 Å². The maximum Gasteiger partial charge on any atom is 0.404 e. The number of rotatable bonds is 15. The Hall–Kier alpha value is -1.03. The molecule has 0 unspecified atom stereocenters. The summed E-state index contributed by atoms with van der Waals surface area (Å²) in [5.41, 5.74) is 0. The van der Waals surface area contributed by atoms with Gasteiger partial charge in [-0.1, -0.05) is 83.3 Å². The summed E-state index contributed by atoms with van der Waals surface area (Å²) in [5, 5.41) is 20.6. The number of unbranched alkanes of at least 4 members (excludes halogenated alkanes) is 11. The van der Waals surface area contributed by atoms with Crippen LogP contribution in [0.2, 0.25) is 0 Å². The highest BCUT2D eigenvalue weighted by molar-refractivity contribution is 5.64. The van der Waals surface area contributed by atoms with Crippen molar-refractivity contribution in [2.75, 3.05) is 0 Å². The van der Waals surface area contributed by atoms with Crippen molar-refractivity contribution >= 4 is 6.09 Å². The average Bonchev–Trinajstić information content (AvgIpc) is 2.51. The van der Waals surface area contributed by atoms with E-state index in [1.54, 1.807) is 13.0 Å². The van der Waals surface area contributed by atoms with Crippen LogP contribution >= 0.6 is 0 Å². The number of allylic oxidation sites excluding steroid dienone is 1. The number of nitrogens with one attached hydrogen (secondary N) is 1. The molecule has 4 nitrogen and oxygen atoms in total. The molecule has 136 valence electrons. The maximum absolute atomic E-state index is 10.5. The minimum Gasteiger partial charge on any atom is -0.465 e. The van der Waals surface area contributed by atoms with E-state index in [2.05, 4.69) is 12.2 Å². The predicted octanol–water partition coefficient (Wildman–Crippen LogP) is 5.26. The van der Waals surface area contributed by atoms with Gasteiger partial charge in [-0.2, -0.15) is 0 Å². The van der Waals surface area contributed by atoms with Crippen LogP contribution in [0.15, 0.2) is 12.2 Å². The van der Waals surface area contributed by atoms with Crippen LogP contribution < -0.4 is 5.32 Å². The van der Waals surface area contributed by atoms with E-state index in [1.807, 2.05) is 6.08 Å². The zero-order valence-electron chi connectivity index (χ0n) is 15.1. The highest BCUT2D eigenvalue weighted by Crippen LogP contribution is 2.12. The molecule has 1 amide bonds. The third kappa shape index (κ3) is 15.6.